The highest BCUT2D eigenvalue weighted by Gasteiger charge is 2.26. The summed E-state index contributed by atoms with van der Waals surface area (Å²) in [6.45, 7) is 7.79. The van der Waals surface area contributed by atoms with E-state index in [0.717, 1.165) is 5.75 Å². The second-order valence-electron chi connectivity index (χ2n) is 6.78. The van der Waals surface area contributed by atoms with Crippen molar-refractivity contribution in [3.8, 4) is 28.7 Å². The molecule has 30 heavy (non-hydrogen) atoms. The Morgan fingerprint density at radius 3 is 2.20 bits per heavy atom. The van der Waals surface area contributed by atoms with E-state index < -0.39 is 0 Å². The Bertz CT molecular complexity index is 842. The third-order valence-electron chi connectivity index (χ3n) is 4.55. The third-order valence-corrected chi connectivity index (χ3v) is 4.55. The van der Waals surface area contributed by atoms with Crippen molar-refractivity contribution < 1.29 is 28.5 Å². The van der Waals surface area contributed by atoms with Gasteiger partial charge in [-0.2, -0.15) is 0 Å². The van der Waals surface area contributed by atoms with Crippen LogP contribution in [-0.2, 0) is 0 Å². The number of para-hydroxylation sites is 2. The zero-order chi connectivity index (χ0) is 21.5. The molecule has 2 aromatic rings. The van der Waals surface area contributed by atoms with E-state index in [1.165, 1.54) is 0 Å². The van der Waals surface area contributed by atoms with Crippen LogP contribution in [0.25, 0.3) is 0 Å². The molecule has 1 heterocycles. The maximum Gasteiger partial charge on any atom is 0.254 e. The van der Waals surface area contributed by atoms with Crippen LogP contribution in [-0.4, -0.2) is 56.9 Å². The SMILES string of the molecule is CCOc1cc(C(=O)N(C)CC2COc3ccccc3O2)cc(OCC)c1OCC. The number of carbonyl (C=O) groups is 1. The van der Waals surface area contributed by atoms with Gasteiger partial charge in [0.05, 0.1) is 26.4 Å². The number of fused-ring (bicyclic) bond motifs is 1. The molecule has 1 aliphatic heterocycles. The van der Waals surface area contributed by atoms with E-state index in [2.05, 4.69) is 0 Å². The minimum absolute atomic E-state index is 0.164. The van der Waals surface area contributed by atoms with Gasteiger partial charge in [0.25, 0.3) is 5.91 Å². The Labute approximate surface area is 177 Å². The highest BCUT2D eigenvalue weighted by atomic mass is 16.6. The van der Waals surface area contributed by atoms with Crippen LogP contribution in [0.4, 0.5) is 0 Å². The Hall–Kier alpha value is -3.09. The lowest BCUT2D eigenvalue weighted by molar-refractivity contribution is 0.0520. The number of benzene rings is 2. The number of rotatable bonds is 9. The van der Waals surface area contributed by atoms with Crippen molar-refractivity contribution in [1.29, 1.82) is 0 Å². The van der Waals surface area contributed by atoms with Gasteiger partial charge in [0.15, 0.2) is 29.1 Å². The lowest BCUT2D eigenvalue weighted by Gasteiger charge is -2.29. The van der Waals surface area contributed by atoms with E-state index in [4.69, 9.17) is 23.7 Å². The first-order valence-corrected chi connectivity index (χ1v) is 10.3. The van der Waals surface area contributed by atoms with Crippen LogP contribution < -0.4 is 23.7 Å². The lowest BCUT2D eigenvalue weighted by Crippen LogP contribution is -2.41. The van der Waals surface area contributed by atoms with Crippen LogP contribution in [0.1, 0.15) is 31.1 Å². The van der Waals surface area contributed by atoms with Crippen LogP contribution in [0.3, 0.4) is 0 Å². The first-order chi connectivity index (χ1) is 14.6. The molecule has 0 aliphatic carbocycles. The van der Waals surface area contributed by atoms with Crippen LogP contribution in [0.5, 0.6) is 28.7 Å². The summed E-state index contributed by atoms with van der Waals surface area (Å²) >= 11 is 0. The zero-order valence-corrected chi connectivity index (χ0v) is 18.0. The molecule has 0 aromatic heterocycles. The smallest absolute Gasteiger partial charge is 0.254 e. The standard InChI is InChI=1S/C23H29NO6/c1-5-26-20-12-16(13-21(27-6-2)22(20)28-7-3)23(25)24(4)14-17-15-29-18-10-8-9-11-19(18)30-17/h8-13,17H,5-7,14-15H2,1-4H3. The maximum atomic E-state index is 13.1. The molecular weight excluding hydrogens is 386 g/mol. The summed E-state index contributed by atoms with van der Waals surface area (Å²) in [5.74, 6) is 2.75. The first-order valence-electron chi connectivity index (χ1n) is 10.3. The highest BCUT2D eigenvalue weighted by molar-refractivity contribution is 5.95. The average molecular weight is 415 g/mol. The summed E-state index contributed by atoms with van der Waals surface area (Å²) < 4.78 is 28.9. The molecule has 2 aromatic carbocycles. The van der Waals surface area contributed by atoms with Gasteiger partial charge in [-0.25, -0.2) is 0 Å². The molecule has 0 N–H and O–H groups in total. The lowest BCUT2D eigenvalue weighted by atomic mass is 10.1. The van der Waals surface area contributed by atoms with E-state index >= 15 is 0 Å². The van der Waals surface area contributed by atoms with Gasteiger partial charge in [-0.05, 0) is 45.0 Å². The van der Waals surface area contributed by atoms with Gasteiger partial charge in [0.2, 0.25) is 5.75 Å². The van der Waals surface area contributed by atoms with Crippen molar-refractivity contribution >= 4 is 5.91 Å². The van der Waals surface area contributed by atoms with Crippen LogP contribution in [0.15, 0.2) is 36.4 Å². The predicted octanol–water partition coefficient (Wildman–Crippen LogP) is 3.79. The molecule has 0 radical (unpaired) electrons. The van der Waals surface area contributed by atoms with Crippen molar-refractivity contribution in [2.45, 2.75) is 26.9 Å². The molecule has 1 amide bonds. The Kier molecular flexibility index (Phi) is 7.27. The fourth-order valence-electron chi connectivity index (χ4n) is 3.27. The number of amides is 1. The summed E-state index contributed by atoms with van der Waals surface area (Å²) in [5.41, 5.74) is 0.463. The highest BCUT2D eigenvalue weighted by Crippen LogP contribution is 2.39. The number of hydrogen-bond acceptors (Lipinski definition) is 6. The minimum Gasteiger partial charge on any atom is -0.490 e. The van der Waals surface area contributed by atoms with Crippen LogP contribution >= 0.6 is 0 Å². The van der Waals surface area contributed by atoms with Crippen molar-refractivity contribution in [3.05, 3.63) is 42.0 Å². The Morgan fingerprint density at radius 2 is 1.60 bits per heavy atom. The molecule has 7 nitrogen and oxygen atoms in total. The summed E-state index contributed by atoms with van der Waals surface area (Å²) in [6.07, 6.45) is -0.255. The van der Waals surface area contributed by atoms with Crippen molar-refractivity contribution in [1.82, 2.24) is 4.90 Å². The first kappa shape index (κ1) is 21.6. The Balaban J connectivity index is 1.78. The molecule has 162 valence electrons. The number of likely N-dealkylation sites (N-methyl/N-ethyl adjacent to an activating group) is 1. The van der Waals surface area contributed by atoms with Crippen LogP contribution in [0, 0.1) is 0 Å². The number of carbonyl (C=O) groups excluding carboxylic acids is 1. The van der Waals surface area contributed by atoms with Gasteiger partial charge >= 0.3 is 0 Å². The van der Waals surface area contributed by atoms with E-state index in [9.17, 15) is 4.79 Å². The van der Waals surface area contributed by atoms with Crippen molar-refractivity contribution in [3.63, 3.8) is 0 Å². The summed E-state index contributed by atoms with van der Waals surface area (Å²) in [6, 6.07) is 10.9. The normalized spacial score (nSPS) is 14.7. The van der Waals surface area contributed by atoms with E-state index in [1.54, 1.807) is 24.1 Å². The van der Waals surface area contributed by atoms with Crippen molar-refractivity contribution in [2.24, 2.45) is 0 Å². The van der Waals surface area contributed by atoms with E-state index in [-0.39, 0.29) is 12.0 Å². The molecule has 1 unspecified atom stereocenters. The van der Waals surface area contributed by atoms with Gasteiger partial charge in [0.1, 0.15) is 6.61 Å². The molecule has 1 atom stereocenters. The second kappa shape index (κ2) is 10.1. The van der Waals surface area contributed by atoms with Gasteiger partial charge < -0.3 is 28.6 Å². The van der Waals surface area contributed by atoms with E-state index in [1.807, 2.05) is 45.0 Å². The molecule has 0 saturated carbocycles. The fraction of sp³-hybridized carbons (Fsp3) is 0.435. The largest absolute Gasteiger partial charge is 0.490 e. The predicted molar refractivity (Wildman–Crippen MR) is 113 cm³/mol. The number of nitrogens with zero attached hydrogens (tertiary/aromatic N) is 1. The number of hydrogen-bond donors (Lipinski definition) is 0. The quantitative estimate of drug-likeness (QED) is 0.621. The summed E-state index contributed by atoms with van der Waals surface area (Å²) in [7, 11) is 1.74. The molecule has 0 fully saturated rings. The van der Waals surface area contributed by atoms with Gasteiger partial charge in [-0.1, -0.05) is 12.1 Å². The fourth-order valence-corrected chi connectivity index (χ4v) is 3.27. The Morgan fingerprint density at radius 1 is 1.00 bits per heavy atom. The summed E-state index contributed by atoms with van der Waals surface area (Å²) in [4.78, 5) is 14.7. The molecular formula is C23H29NO6. The summed E-state index contributed by atoms with van der Waals surface area (Å²) in [5, 5.41) is 0. The molecule has 1 aliphatic rings. The monoisotopic (exact) mass is 415 g/mol. The molecule has 0 spiro atoms. The van der Waals surface area contributed by atoms with E-state index in [0.29, 0.717) is 61.5 Å². The number of ether oxygens (including phenoxy) is 5. The second-order valence-corrected chi connectivity index (χ2v) is 6.78. The third kappa shape index (κ3) is 4.90. The molecule has 0 bridgehead atoms. The van der Waals surface area contributed by atoms with Gasteiger partial charge in [0, 0.05) is 12.6 Å². The van der Waals surface area contributed by atoms with Crippen molar-refractivity contribution in [2.75, 3.05) is 40.0 Å². The van der Waals surface area contributed by atoms with Gasteiger partial charge in [-0.15, -0.1) is 0 Å². The average Bonchev–Trinajstić information content (AvgIpc) is 2.75. The zero-order valence-electron chi connectivity index (χ0n) is 18.0. The molecule has 7 heteroatoms. The molecule has 0 saturated heterocycles. The van der Waals surface area contributed by atoms with Crippen LogP contribution in [0.2, 0.25) is 0 Å². The van der Waals surface area contributed by atoms with Gasteiger partial charge in [-0.3, -0.25) is 4.79 Å². The molecule has 3 rings (SSSR count). The minimum atomic E-state index is -0.255. The topological polar surface area (TPSA) is 66.5 Å². The maximum absolute atomic E-state index is 13.1.